The van der Waals surface area contributed by atoms with Crippen LogP contribution in [0.3, 0.4) is 0 Å². The van der Waals surface area contributed by atoms with Crippen LogP contribution in [0.25, 0.3) is 0 Å². The number of amides is 2. The lowest BCUT2D eigenvalue weighted by Gasteiger charge is -2.25. The number of para-hydroxylation sites is 2. The van der Waals surface area contributed by atoms with Gasteiger partial charge in [-0.25, -0.2) is 0 Å². The number of furan rings is 1. The van der Waals surface area contributed by atoms with Gasteiger partial charge in [-0.3, -0.25) is 9.59 Å². The maximum Gasteiger partial charge on any atom is 0.264 e. The Morgan fingerprint density at radius 1 is 1.00 bits per heavy atom. The molecule has 0 aliphatic rings. The van der Waals surface area contributed by atoms with Gasteiger partial charge >= 0.3 is 0 Å². The van der Waals surface area contributed by atoms with Gasteiger partial charge in [-0.15, -0.1) is 0 Å². The van der Waals surface area contributed by atoms with Crippen molar-refractivity contribution >= 4 is 17.5 Å². The molecule has 3 aromatic rings. The van der Waals surface area contributed by atoms with Gasteiger partial charge in [0, 0.05) is 5.69 Å². The maximum atomic E-state index is 12.9. The van der Waals surface area contributed by atoms with Crippen LogP contribution in [0.2, 0.25) is 0 Å². The Morgan fingerprint density at radius 2 is 1.68 bits per heavy atom. The first kappa shape index (κ1) is 19.2. The Kier molecular flexibility index (Phi) is 6.46. The summed E-state index contributed by atoms with van der Waals surface area (Å²) in [6.07, 6.45) is 0.785. The van der Waals surface area contributed by atoms with Gasteiger partial charge in [0.15, 0.2) is 6.10 Å². The topological polar surface area (TPSA) is 71.8 Å². The van der Waals surface area contributed by atoms with E-state index in [1.807, 2.05) is 36.4 Å². The zero-order valence-electron chi connectivity index (χ0n) is 15.6. The van der Waals surface area contributed by atoms with Crippen LogP contribution in [0.5, 0.6) is 5.75 Å². The lowest BCUT2D eigenvalue weighted by Crippen LogP contribution is -2.43. The van der Waals surface area contributed by atoms with E-state index in [1.54, 1.807) is 43.3 Å². The summed E-state index contributed by atoms with van der Waals surface area (Å²) < 4.78 is 11.1. The number of benzene rings is 2. The highest BCUT2D eigenvalue weighted by Gasteiger charge is 2.25. The highest BCUT2D eigenvalue weighted by Crippen LogP contribution is 2.14. The van der Waals surface area contributed by atoms with Gasteiger partial charge in [0.2, 0.25) is 5.91 Å². The molecule has 144 valence electrons. The number of nitrogens with zero attached hydrogens (tertiary/aromatic N) is 1. The molecule has 0 spiro atoms. The molecular weight excluding hydrogens is 356 g/mol. The van der Waals surface area contributed by atoms with E-state index in [1.165, 1.54) is 11.2 Å². The maximum absolute atomic E-state index is 12.9. The SMILES string of the molecule is CC(Oc1ccccc1)C(=O)N(CC(=O)Nc1ccccc1)Cc1ccco1. The van der Waals surface area contributed by atoms with E-state index in [0.717, 1.165) is 0 Å². The average molecular weight is 378 g/mol. The number of anilines is 1. The predicted octanol–water partition coefficient (Wildman–Crippen LogP) is 3.71. The second-order valence-electron chi connectivity index (χ2n) is 6.26. The van der Waals surface area contributed by atoms with Gasteiger partial charge in [0.1, 0.15) is 18.1 Å². The molecule has 1 heterocycles. The second-order valence-corrected chi connectivity index (χ2v) is 6.26. The number of rotatable bonds is 8. The number of nitrogens with one attached hydrogen (secondary N) is 1. The summed E-state index contributed by atoms with van der Waals surface area (Å²) in [6, 6.07) is 21.7. The monoisotopic (exact) mass is 378 g/mol. The fourth-order valence-electron chi connectivity index (χ4n) is 2.71. The number of hydrogen-bond acceptors (Lipinski definition) is 4. The van der Waals surface area contributed by atoms with Crippen molar-refractivity contribution in [1.82, 2.24) is 4.90 Å². The van der Waals surface area contributed by atoms with E-state index < -0.39 is 6.10 Å². The quantitative estimate of drug-likeness (QED) is 0.649. The molecular formula is C22H22N2O4. The summed E-state index contributed by atoms with van der Waals surface area (Å²) in [6.45, 7) is 1.73. The molecule has 2 aromatic carbocycles. The highest BCUT2D eigenvalue weighted by atomic mass is 16.5. The molecule has 0 aliphatic heterocycles. The lowest BCUT2D eigenvalue weighted by molar-refractivity contribution is -0.141. The van der Waals surface area contributed by atoms with Crippen molar-refractivity contribution < 1.29 is 18.7 Å². The Bertz CT molecular complexity index is 879. The molecule has 1 atom stereocenters. The van der Waals surface area contributed by atoms with Crippen molar-refractivity contribution in [2.24, 2.45) is 0 Å². The van der Waals surface area contributed by atoms with Crippen LogP contribution in [0.4, 0.5) is 5.69 Å². The van der Waals surface area contributed by atoms with Gasteiger partial charge in [-0.05, 0) is 43.3 Å². The first-order valence-corrected chi connectivity index (χ1v) is 8.99. The van der Waals surface area contributed by atoms with Crippen molar-refractivity contribution in [3.05, 3.63) is 84.8 Å². The van der Waals surface area contributed by atoms with Gasteiger partial charge in [-0.1, -0.05) is 36.4 Å². The third kappa shape index (κ3) is 5.48. The number of carbonyl (C=O) groups excluding carboxylic acids is 2. The average Bonchev–Trinajstić information content (AvgIpc) is 3.21. The highest BCUT2D eigenvalue weighted by molar-refractivity contribution is 5.95. The van der Waals surface area contributed by atoms with Gasteiger partial charge in [0.05, 0.1) is 12.8 Å². The fraction of sp³-hybridized carbons (Fsp3) is 0.182. The Hall–Kier alpha value is -3.54. The third-order valence-corrected chi connectivity index (χ3v) is 4.03. The minimum atomic E-state index is -0.748. The van der Waals surface area contributed by atoms with E-state index in [0.29, 0.717) is 17.2 Å². The normalized spacial score (nSPS) is 11.5. The van der Waals surface area contributed by atoms with Crippen molar-refractivity contribution in [1.29, 1.82) is 0 Å². The Labute approximate surface area is 163 Å². The summed E-state index contributed by atoms with van der Waals surface area (Å²) in [5.41, 5.74) is 0.673. The molecule has 6 nitrogen and oxygen atoms in total. The Morgan fingerprint density at radius 3 is 2.32 bits per heavy atom. The lowest BCUT2D eigenvalue weighted by atomic mass is 10.2. The smallest absolute Gasteiger partial charge is 0.264 e. The molecule has 1 aromatic heterocycles. The molecule has 1 N–H and O–H groups in total. The van der Waals surface area contributed by atoms with E-state index in [2.05, 4.69) is 5.32 Å². The van der Waals surface area contributed by atoms with Crippen LogP contribution in [0.15, 0.2) is 83.5 Å². The van der Waals surface area contributed by atoms with Crippen molar-refractivity contribution in [2.75, 3.05) is 11.9 Å². The number of hydrogen-bond donors (Lipinski definition) is 1. The van der Waals surface area contributed by atoms with Crippen molar-refractivity contribution in [3.63, 3.8) is 0 Å². The molecule has 0 saturated heterocycles. The van der Waals surface area contributed by atoms with Gasteiger partial charge < -0.3 is 19.4 Å². The summed E-state index contributed by atoms with van der Waals surface area (Å²) in [5.74, 6) is 0.587. The van der Waals surface area contributed by atoms with E-state index in [-0.39, 0.29) is 24.9 Å². The molecule has 6 heteroatoms. The van der Waals surface area contributed by atoms with Crippen LogP contribution in [0.1, 0.15) is 12.7 Å². The van der Waals surface area contributed by atoms with Crippen molar-refractivity contribution in [3.8, 4) is 5.75 Å². The standard InChI is InChI=1S/C22H22N2O4/c1-17(28-19-11-6-3-7-12-19)22(26)24(15-20-13-8-14-27-20)16-21(25)23-18-9-4-2-5-10-18/h2-14,17H,15-16H2,1H3,(H,23,25). The minimum Gasteiger partial charge on any atom is -0.481 e. The summed E-state index contributed by atoms with van der Waals surface area (Å²) in [4.78, 5) is 26.8. The molecule has 0 saturated carbocycles. The van der Waals surface area contributed by atoms with Crippen LogP contribution in [-0.2, 0) is 16.1 Å². The van der Waals surface area contributed by atoms with Crippen LogP contribution >= 0.6 is 0 Å². The molecule has 0 bridgehead atoms. The zero-order chi connectivity index (χ0) is 19.8. The van der Waals surface area contributed by atoms with Crippen molar-refractivity contribution in [2.45, 2.75) is 19.6 Å². The molecule has 0 radical (unpaired) electrons. The fourth-order valence-corrected chi connectivity index (χ4v) is 2.71. The molecule has 3 rings (SSSR count). The second kappa shape index (κ2) is 9.41. The van der Waals surface area contributed by atoms with E-state index >= 15 is 0 Å². The van der Waals surface area contributed by atoms with Crippen LogP contribution < -0.4 is 10.1 Å². The number of ether oxygens (including phenoxy) is 1. The zero-order valence-corrected chi connectivity index (χ0v) is 15.6. The number of carbonyl (C=O) groups is 2. The Balaban J connectivity index is 1.68. The molecule has 2 amide bonds. The van der Waals surface area contributed by atoms with Crippen LogP contribution in [-0.4, -0.2) is 29.4 Å². The molecule has 0 fully saturated rings. The van der Waals surface area contributed by atoms with Gasteiger partial charge in [0.25, 0.3) is 5.91 Å². The van der Waals surface area contributed by atoms with Gasteiger partial charge in [-0.2, -0.15) is 0 Å². The summed E-state index contributed by atoms with van der Waals surface area (Å²) in [7, 11) is 0. The van der Waals surface area contributed by atoms with Crippen LogP contribution in [0, 0.1) is 0 Å². The first-order chi connectivity index (χ1) is 13.6. The van der Waals surface area contributed by atoms with E-state index in [4.69, 9.17) is 9.15 Å². The molecule has 1 unspecified atom stereocenters. The first-order valence-electron chi connectivity index (χ1n) is 8.99. The predicted molar refractivity (Wildman–Crippen MR) is 106 cm³/mol. The molecule has 28 heavy (non-hydrogen) atoms. The summed E-state index contributed by atoms with van der Waals surface area (Å²) >= 11 is 0. The van der Waals surface area contributed by atoms with E-state index in [9.17, 15) is 9.59 Å². The minimum absolute atomic E-state index is 0.114. The molecule has 0 aliphatic carbocycles. The largest absolute Gasteiger partial charge is 0.481 e. The summed E-state index contributed by atoms with van der Waals surface area (Å²) in [5, 5.41) is 2.79. The third-order valence-electron chi connectivity index (χ3n) is 4.03.